The highest BCUT2D eigenvalue weighted by Gasteiger charge is 2.24. The van der Waals surface area contributed by atoms with Crippen molar-refractivity contribution in [2.24, 2.45) is 5.73 Å². The van der Waals surface area contributed by atoms with Gasteiger partial charge in [-0.25, -0.2) is 4.79 Å². The number of hydrogen-bond donors (Lipinski definition) is 2. The number of ether oxygens (including phenoxy) is 1. The molecule has 1 fully saturated rings. The fourth-order valence-corrected chi connectivity index (χ4v) is 1.94. The molecule has 17 heavy (non-hydrogen) atoms. The van der Waals surface area contributed by atoms with E-state index in [1.54, 1.807) is 11.8 Å². The van der Waals surface area contributed by atoms with Gasteiger partial charge < -0.3 is 20.7 Å². The highest BCUT2D eigenvalue weighted by molar-refractivity contribution is 5.76. The molecule has 1 aliphatic rings. The van der Waals surface area contributed by atoms with Crippen molar-refractivity contribution in [1.29, 1.82) is 0 Å². The first-order valence-corrected chi connectivity index (χ1v) is 6.08. The molecule has 1 aliphatic heterocycles. The van der Waals surface area contributed by atoms with Crippen LogP contribution in [0.15, 0.2) is 0 Å². The molecule has 0 aliphatic carbocycles. The Balaban J connectivity index is 2.38. The van der Waals surface area contributed by atoms with Gasteiger partial charge in [0.2, 0.25) is 5.91 Å². The SMILES string of the molecule is CCOC(=O)NC1CCCN(C(=O)CCN)C1. The third-order valence-electron chi connectivity index (χ3n) is 2.73. The number of alkyl carbamates (subject to hydrolysis) is 1. The standard InChI is InChI=1S/C11H21N3O3/c1-2-17-11(16)13-9-4-3-7-14(8-9)10(15)5-6-12/h9H,2-8,12H2,1H3,(H,13,16). The minimum absolute atomic E-state index is 0.00970. The monoisotopic (exact) mass is 243 g/mol. The van der Waals surface area contributed by atoms with Gasteiger partial charge in [-0.15, -0.1) is 0 Å². The third-order valence-corrected chi connectivity index (χ3v) is 2.73. The molecule has 3 N–H and O–H groups in total. The molecule has 1 unspecified atom stereocenters. The summed E-state index contributed by atoms with van der Waals surface area (Å²) in [7, 11) is 0. The lowest BCUT2D eigenvalue weighted by atomic mass is 10.1. The summed E-state index contributed by atoms with van der Waals surface area (Å²) in [4.78, 5) is 24.7. The number of hydrogen-bond acceptors (Lipinski definition) is 4. The van der Waals surface area contributed by atoms with Gasteiger partial charge >= 0.3 is 6.09 Å². The first-order chi connectivity index (χ1) is 8.17. The van der Waals surface area contributed by atoms with E-state index in [0.29, 0.717) is 26.1 Å². The molecule has 2 amide bonds. The van der Waals surface area contributed by atoms with Crippen LogP contribution in [-0.2, 0) is 9.53 Å². The third kappa shape index (κ3) is 4.60. The zero-order valence-corrected chi connectivity index (χ0v) is 10.3. The van der Waals surface area contributed by atoms with Gasteiger partial charge in [-0.2, -0.15) is 0 Å². The minimum atomic E-state index is -0.411. The lowest BCUT2D eigenvalue weighted by Crippen LogP contribution is -2.50. The van der Waals surface area contributed by atoms with Gasteiger partial charge in [-0.3, -0.25) is 4.79 Å². The molecular formula is C11H21N3O3. The van der Waals surface area contributed by atoms with Crippen LogP contribution in [0.4, 0.5) is 4.79 Å². The Morgan fingerprint density at radius 2 is 2.29 bits per heavy atom. The Morgan fingerprint density at radius 1 is 1.53 bits per heavy atom. The zero-order valence-electron chi connectivity index (χ0n) is 10.3. The van der Waals surface area contributed by atoms with Gasteiger partial charge in [0.05, 0.1) is 6.61 Å². The minimum Gasteiger partial charge on any atom is -0.450 e. The maximum Gasteiger partial charge on any atom is 0.407 e. The number of amides is 2. The summed E-state index contributed by atoms with van der Waals surface area (Å²) in [6.45, 7) is 3.79. The fraction of sp³-hybridized carbons (Fsp3) is 0.818. The second-order valence-electron chi connectivity index (χ2n) is 4.08. The van der Waals surface area contributed by atoms with Gasteiger partial charge in [0.15, 0.2) is 0 Å². The maximum absolute atomic E-state index is 11.7. The second-order valence-corrected chi connectivity index (χ2v) is 4.08. The van der Waals surface area contributed by atoms with Crippen LogP contribution in [0.5, 0.6) is 0 Å². The van der Waals surface area contributed by atoms with Crippen molar-refractivity contribution in [3.05, 3.63) is 0 Å². The molecule has 0 saturated carbocycles. The second kappa shape index (κ2) is 7.11. The van der Waals surface area contributed by atoms with Crippen LogP contribution in [0.2, 0.25) is 0 Å². The molecule has 6 heteroatoms. The van der Waals surface area contributed by atoms with E-state index in [2.05, 4.69) is 5.32 Å². The van der Waals surface area contributed by atoms with Crippen molar-refractivity contribution in [3.63, 3.8) is 0 Å². The molecule has 1 saturated heterocycles. The number of nitrogens with two attached hydrogens (primary N) is 1. The van der Waals surface area contributed by atoms with Gasteiger partial charge in [0.1, 0.15) is 0 Å². The van der Waals surface area contributed by atoms with Crippen molar-refractivity contribution in [3.8, 4) is 0 Å². The van der Waals surface area contributed by atoms with Gasteiger partial charge in [0.25, 0.3) is 0 Å². The summed E-state index contributed by atoms with van der Waals surface area (Å²) in [5.41, 5.74) is 5.35. The molecule has 0 radical (unpaired) electrons. The Labute approximate surface area is 101 Å². The molecule has 0 aromatic rings. The molecule has 0 aromatic carbocycles. The van der Waals surface area contributed by atoms with Crippen LogP contribution in [0.25, 0.3) is 0 Å². The van der Waals surface area contributed by atoms with E-state index < -0.39 is 6.09 Å². The Bertz CT molecular complexity index is 271. The van der Waals surface area contributed by atoms with Crippen LogP contribution >= 0.6 is 0 Å². The van der Waals surface area contributed by atoms with Gasteiger partial charge in [-0.1, -0.05) is 0 Å². The Morgan fingerprint density at radius 3 is 2.94 bits per heavy atom. The van der Waals surface area contributed by atoms with Crippen LogP contribution in [0, 0.1) is 0 Å². The van der Waals surface area contributed by atoms with Crippen molar-refractivity contribution in [2.45, 2.75) is 32.2 Å². The fourth-order valence-electron chi connectivity index (χ4n) is 1.94. The maximum atomic E-state index is 11.7. The van der Waals surface area contributed by atoms with Crippen molar-refractivity contribution >= 4 is 12.0 Å². The normalized spacial score (nSPS) is 19.9. The van der Waals surface area contributed by atoms with Crippen LogP contribution in [0.3, 0.4) is 0 Å². The quantitative estimate of drug-likeness (QED) is 0.732. The predicted molar refractivity (Wildman–Crippen MR) is 63.4 cm³/mol. The molecule has 0 spiro atoms. The van der Waals surface area contributed by atoms with E-state index >= 15 is 0 Å². The summed E-state index contributed by atoms with van der Waals surface area (Å²) in [5.74, 6) is 0.0582. The first-order valence-electron chi connectivity index (χ1n) is 6.08. The van der Waals surface area contributed by atoms with Crippen LogP contribution in [0.1, 0.15) is 26.2 Å². The molecule has 1 rings (SSSR count). The Hall–Kier alpha value is -1.30. The van der Waals surface area contributed by atoms with Gasteiger partial charge in [-0.05, 0) is 19.8 Å². The molecule has 6 nitrogen and oxygen atoms in total. The van der Waals surface area contributed by atoms with E-state index in [1.165, 1.54) is 0 Å². The average Bonchev–Trinajstić information content (AvgIpc) is 2.30. The number of likely N-dealkylation sites (tertiary alicyclic amines) is 1. The summed E-state index contributed by atoms with van der Waals surface area (Å²) >= 11 is 0. The van der Waals surface area contributed by atoms with E-state index in [4.69, 9.17) is 10.5 Å². The highest BCUT2D eigenvalue weighted by Crippen LogP contribution is 2.11. The van der Waals surface area contributed by atoms with E-state index in [0.717, 1.165) is 19.4 Å². The van der Waals surface area contributed by atoms with Crippen molar-refractivity contribution in [1.82, 2.24) is 10.2 Å². The van der Waals surface area contributed by atoms with E-state index in [1.807, 2.05) is 0 Å². The Kier molecular flexibility index (Phi) is 5.76. The number of carbonyl (C=O) groups is 2. The van der Waals surface area contributed by atoms with E-state index in [-0.39, 0.29) is 11.9 Å². The van der Waals surface area contributed by atoms with E-state index in [9.17, 15) is 9.59 Å². The lowest BCUT2D eigenvalue weighted by molar-refractivity contribution is -0.132. The molecule has 0 aromatic heterocycles. The molecule has 98 valence electrons. The van der Waals surface area contributed by atoms with Crippen molar-refractivity contribution in [2.75, 3.05) is 26.2 Å². The number of nitrogens with zero attached hydrogens (tertiary/aromatic N) is 1. The number of rotatable bonds is 4. The molecule has 0 bridgehead atoms. The number of carbonyl (C=O) groups excluding carboxylic acids is 2. The zero-order chi connectivity index (χ0) is 12.7. The number of piperidine rings is 1. The van der Waals surface area contributed by atoms with Crippen molar-refractivity contribution < 1.29 is 14.3 Å². The summed E-state index contributed by atoms with van der Waals surface area (Å²) < 4.78 is 4.81. The summed E-state index contributed by atoms with van der Waals surface area (Å²) in [6.07, 6.45) is 1.73. The average molecular weight is 243 g/mol. The predicted octanol–water partition coefficient (Wildman–Crippen LogP) is 0.0723. The molecular weight excluding hydrogens is 222 g/mol. The van der Waals surface area contributed by atoms with Gasteiger partial charge in [0, 0.05) is 32.1 Å². The number of nitrogens with one attached hydrogen (secondary N) is 1. The lowest BCUT2D eigenvalue weighted by Gasteiger charge is -2.32. The smallest absolute Gasteiger partial charge is 0.407 e. The summed E-state index contributed by atoms with van der Waals surface area (Å²) in [6, 6.07) is -0.00970. The summed E-state index contributed by atoms with van der Waals surface area (Å²) in [5, 5.41) is 2.76. The van der Waals surface area contributed by atoms with Crippen LogP contribution in [-0.4, -0.2) is 49.2 Å². The van der Waals surface area contributed by atoms with Crippen LogP contribution < -0.4 is 11.1 Å². The topological polar surface area (TPSA) is 84.7 Å². The molecule has 1 heterocycles. The first kappa shape index (κ1) is 13.8. The molecule has 1 atom stereocenters. The highest BCUT2D eigenvalue weighted by atomic mass is 16.5. The largest absolute Gasteiger partial charge is 0.450 e.